The molecule has 0 bridgehead atoms. The van der Waals surface area contributed by atoms with Crippen molar-refractivity contribution in [3.63, 3.8) is 0 Å². The first-order valence-electron chi connectivity index (χ1n) is 3.88. The SMILES string of the molecule is Cc1cc2c(cn1)CCOC2. The molecule has 1 aromatic rings. The molecule has 58 valence electrons. The minimum absolute atomic E-state index is 0.763. The predicted molar refractivity (Wildman–Crippen MR) is 42.3 cm³/mol. The van der Waals surface area contributed by atoms with Crippen molar-refractivity contribution >= 4 is 0 Å². The fourth-order valence-corrected chi connectivity index (χ4v) is 1.37. The summed E-state index contributed by atoms with van der Waals surface area (Å²) in [4.78, 5) is 4.24. The number of rotatable bonds is 0. The normalized spacial score (nSPS) is 16.1. The van der Waals surface area contributed by atoms with Crippen molar-refractivity contribution in [2.45, 2.75) is 20.0 Å². The molecule has 0 radical (unpaired) electrons. The van der Waals surface area contributed by atoms with Crippen LogP contribution in [0.1, 0.15) is 16.8 Å². The molecule has 2 rings (SSSR count). The second-order valence-corrected chi connectivity index (χ2v) is 2.90. The van der Waals surface area contributed by atoms with Crippen LogP contribution in [0.2, 0.25) is 0 Å². The Labute approximate surface area is 66.2 Å². The third kappa shape index (κ3) is 1.26. The molecule has 1 aliphatic heterocycles. The quantitative estimate of drug-likeness (QED) is 0.557. The molecular formula is C9H11NO. The number of nitrogens with zero attached hydrogens (tertiary/aromatic N) is 1. The molecule has 0 atom stereocenters. The number of ether oxygens (including phenoxy) is 1. The molecule has 2 heteroatoms. The maximum atomic E-state index is 5.32. The molecule has 0 unspecified atom stereocenters. The molecular weight excluding hydrogens is 138 g/mol. The molecule has 1 aliphatic rings. The van der Waals surface area contributed by atoms with Crippen LogP contribution in [0.4, 0.5) is 0 Å². The Morgan fingerprint density at radius 2 is 2.36 bits per heavy atom. The van der Waals surface area contributed by atoms with Gasteiger partial charge in [-0.05, 0) is 30.5 Å². The molecule has 11 heavy (non-hydrogen) atoms. The number of pyridine rings is 1. The third-order valence-corrected chi connectivity index (χ3v) is 1.99. The van der Waals surface area contributed by atoms with Gasteiger partial charge in [-0.2, -0.15) is 0 Å². The summed E-state index contributed by atoms with van der Waals surface area (Å²) in [6.45, 7) is 3.62. The maximum absolute atomic E-state index is 5.32. The second-order valence-electron chi connectivity index (χ2n) is 2.90. The lowest BCUT2D eigenvalue weighted by Crippen LogP contribution is -2.10. The van der Waals surface area contributed by atoms with Gasteiger partial charge in [-0.3, -0.25) is 4.98 Å². The molecule has 0 fully saturated rings. The van der Waals surface area contributed by atoms with E-state index in [1.165, 1.54) is 11.1 Å². The highest BCUT2D eigenvalue weighted by atomic mass is 16.5. The smallest absolute Gasteiger partial charge is 0.0720 e. The Bertz CT molecular complexity index is 270. The first-order chi connectivity index (χ1) is 5.36. The number of hydrogen-bond donors (Lipinski definition) is 0. The van der Waals surface area contributed by atoms with Crippen LogP contribution in [0, 0.1) is 6.92 Å². The van der Waals surface area contributed by atoms with Gasteiger partial charge >= 0.3 is 0 Å². The van der Waals surface area contributed by atoms with Crippen molar-refractivity contribution in [2.75, 3.05) is 6.61 Å². The van der Waals surface area contributed by atoms with Gasteiger partial charge in [0.2, 0.25) is 0 Å². The topological polar surface area (TPSA) is 22.1 Å². The van der Waals surface area contributed by atoms with E-state index in [2.05, 4.69) is 11.1 Å². The number of hydrogen-bond acceptors (Lipinski definition) is 2. The maximum Gasteiger partial charge on any atom is 0.0720 e. The van der Waals surface area contributed by atoms with Gasteiger partial charge in [0.1, 0.15) is 0 Å². The van der Waals surface area contributed by atoms with Crippen LogP contribution in [0.3, 0.4) is 0 Å². The van der Waals surface area contributed by atoms with Crippen molar-refractivity contribution in [3.8, 4) is 0 Å². The zero-order valence-corrected chi connectivity index (χ0v) is 6.63. The van der Waals surface area contributed by atoms with Crippen LogP contribution < -0.4 is 0 Å². The Morgan fingerprint density at radius 1 is 1.45 bits per heavy atom. The number of aryl methyl sites for hydroxylation is 1. The van der Waals surface area contributed by atoms with Gasteiger partial charge in [-0.15, -0.1) is 0 Å². The van der Waals surface area contributed by atoms with Crippen molar-refractivity contribution < 1.29 is 4.74 Å². The van der Waals surface area contributed by atoms with Crippen LogP contribution >= 0.6 is 0 Å². The average Bonchev–Trinajstić information content (AvgIpc) is 2.04. The summed E-state index contributed by atoms with van der Waals surface area (Å²) in [6, 6.07) is 2.11. The zero-order chi connectivity index (χ0) is 7.68. The summed E-state index contributed by atoms with van der Waals surface area (Å²) in [5.41, 5.74) is 3.74. The molecule has 0 saturated heterocycles. The lowest BCUT2D eigenvalue weighted by Gasteiger charge is -2.15. The first-order valence-corrected chi connectivity index (χ1v) is 3.88. The molecule has 0 spiro atoms. The first kappa shape index (κ1) is 6.80. The Balaban J connectivity index is 2.43. The minimum Gasteiger partial charge on any atom is -0.376 e. The highest BCUT2D eigenvalue weighted by molar-refractivity contribution is 5.27. The van der Waals surface area contributed by atoms with E-state index in [0.29, 0.717) is 0 Å². The number of aromatic nitrogens is 1. The average molecular weight is 149 g/mol. The summed E-state index contributed by atoms with van der Waals surface area (Å²) in [5.74, 6) is 0. The Hall–Kier alpha value is -0.890. The Kier molecular flexibility index (Phi) is 1.62. The monoisotopic (exact) mass is 149 g/mol. The van der Waals surface area contributed by atoms with Gasteiger partial charge in [0.15, 0.2) is 0 Å². The van der Waals surface area contributed by atoms with Crippen LogP contribution in [-0.4, -0.2) is 11.6 Å². The fraction of sp³-hybridized carbons (Fsp3) is 0.444. The van der Waals surface area contributed by atoms with Gasteiger partial charge in [0, 0.05) is 11.9 Å². The Morgan fingerprint density at radius 3 is 3.27 bits per heavy atom. The third-order valence-electron chi connectivity index (χ3n) is 1.99. The lowest BCUT2D eigenvalue weighted by atomic mass is 10.1. The standard InChI is InChI=1S/C9H11NO/c1-7-4-9-6-11-3-2-8(9)5-10-7/h4-5H,2-3,6H2,1H3. The van der Waals surface area contributed by atoms with E-state index >= 15 is 0 Å². The molecule has 0 aliphatic carbocycles. The number of fused-ring (bicyclic) bond motifs is 1. The molecule has 1 aromatic heterocycles. The van der Waals surface area contributed by atoms with Crippen LogP contribution in [0.5, 0.6) is 0 Å². The van der Waals surface area contributed by atoms with Crippen molar-refractivity contribution in [1.82, 2.24) is 4.98 Å². The van der Waals surface area contributed by atoms with Gasteiger partial charge < -0.3 is 4.74 Å². The lowest BCUT2D eigenvalue weighted by molar-refractivity contribution is 0.110. The van der Waals surface area contributed by atoms with Crippen LogP contribution in [0.15, 0.2) is 12.3 Å². The minimum atomic E-state index is 0.763. The van der Waals surface area contributed by atoms with Crippen molar-refractivity contribution in [2.24, 2.45) is 0 Å². The summed E-state index contributed by atoms with van der Waals surface area (Å²) in [7, 11) is 0. The van der Waals surface area contributed by atoms with E-state index < -0.39 is 0 Å². The van der Waals surface area contributed by atoms with Gasteiger partial charge in [0.05, 0.1) is 13.2 Å². The van der Waals surface area contributed by atoms with E-state index in [-0.39, 0.29) is 0 Å². The predicted octanol–water partition coefficient (Wildman–Crippen LogP) is 1.46. The highest BCUT2D eigenvalue weighted by Crippen LogP contribution is 2.15. The van der Waals surface area contributed by atoms with E-state index in [1.807, 2.05) is 13.1 Å². The largest absolute Gasteiger partial charge is 0.376 e. The summed E-state index contributed by atoms with van der Waals surface area (Å²) in [5, 5.41) is 0. The molecule has 0 aromatic carbocycles. The zero-order valence-electron chi connectivity index (χ0n) is 6.63. The molecule has 2 nitrogen and oxygen atoms in total. The van der Waals surface area contributed by atoms with Gasteiger partial charge in [-0.25, -0.2) is 0 Å². The van der Waals surface area contributed by atoms with Gasteiger partial charge in [0.25, 0.3) is 0 Å². The van der Waals surface area contributed by atoms with E-state index in [1.54, 1.807) is 0 Å². The van der Waals surface area contributed by atoms with E-state index in [0.717, 1.165) is 25.3 Å². The highest BCUT2D eigenvalue weighted by Gasteiger charge is 2.08. The second kappa shape index (κ2) is 2.62. The van der Waals surface area contributed by atoms with E-state index in [9.17, 15) is 0 Å². The van der Waals surface area contributed by atoms with Crippen molar-refractivity contribution in [3.05, 3.63) is 29.1 Å². The van der Waals surface area contributed by atoms with E-state index in [4.69, 9.17) is 4.74 Å². The summed E-state index contributed by atoms with van der Waals surface area (Å²) in [6.07, 6.45) is 2.98. The summed E-state index contributed by atoms with van der Waals surface area (Å²) < 4.78 is 5.32. The molecule has 0 amide bonds. The summed E-state index contributed by atoms with van der Waals surface area (Å²) >= 11 is 0. The van der Waals surface area contributed by atoms with Crippen LogP contribution in [0.25, 0.3) is 0 Å². The molecule has 0 saturated carbocycles. The molecule has 2 heterocycles. The van der Waals surface area contributed by atoms with Crippen molar-refractivity contribution in [1.29, 1.82) is 0 Å². The van der Waals surface area contributed by atoms with Gasteiger partial charge in [-0.1, -0.05) is 0 Å². The fourth-order valence-electron chi connectivity index (χ4n) is 1.37. The molecule has 0 N–H and O–H groups in total. The van der Waals surface area contributed by atoms with Crippen LogP contribution in [-0.2, 0) is 17.8 Å².